The number of sulfone groups is 1. The van der Waals surface area contributed by atoms with Crippen molar-refractivity contribution in [1.29, 1.82) is 0 Å². The molecule has 2 aliphatic heterocycles. The molecule has 2 rings (SSSR count). The third-order valence-corrected chi connectivity index (χ3v) is 5.17. The number of carbonyl (C=O) groups excluding carboxylic acids is 1. The molecule has 1 N–H and O–H groups in total. The van der Waals surface area contributed by atoms with Crippen molar-refractivity contribution in [3.05, 3.63) is 12.7 Å². The van der Waals surface area contributed by atoms with Gasteiger partial charge in [0.1, 0.15) is 0 Å². The normalized spacial score (nSPS) is 35.6. The predicted octanol–water partition coefficient (Wildman–Crippen LogP) is 0.0249. The van der Waals surface area contributed by atoms with Gasteiger partial charge in [-0.2, -0.15) is 0 Å². The third kappa shape index (κ3) is 2.87. The van der Waals surface area contributed by atoms with Crippen LogP contribution >= 0.6 is 0 Å². The summed E-state index contributed by atoms with van der Waals surface area (Å²) in [7, 11) is -2.97. The molecule has 0 aromatic rings. The molecule has 6 heteroatoms. The van der Waals surface area contributed by atoms with Crippen LogP contribution in [-0.4, -0.2) is 44.1 Å². The summed E-state index contributed by atoms with van der Waals surface area (Å²) in [5.74, 6) is 0.0585. The van der Waals surface area contributed by atoms with Crippen LogP contribution in [0.1, 0.15) is 19.3 Å². The lowest BCUT2D eigenvalue weighted by atomic mass is 9.90. The van der Waals surface area contributed by atoms with Crippen molar-refractivity contribution in [3.63, 3.8) is 0 Å². The van der Waals surface area contributed by atoms with Gasteiger partial charge >= 0.3 is 0 Å². The van der Waals surface area contributed by atoms with Crippen molar-refractivity contribution in [2.75, 3.05) is 18.1 Å². The molecule has 0 radical (unpaired) electrons. The van der Waals surface area contributed by atoms with Crippen LogP contribution in [0.3, 0.4) is 0 Å². The zero-order valence-corrected chi connectivity index (χ0v) is 10.5. The van der Waals surface area contributed by atoms with E-state index >= 15 is 0 Å². The molecule has 96 valence electrons. The van der Waals surface area contributed by atoms with Gasteiger partial charge in [-0.1, -0.05) is 6.58 Å². The molecular formula is C11H17NO4S. The number of hydrogen-bond donors (Lipinski definition) is 1. The molecule has 2 atom stereocenters. The minimum absolute atomic E-state index is 0.0115. The molecule has 0 saturated carbocycles. The molecule has 17 heavy (non-hydrogen) atoms. The summed E-state index contributed by atoms with van der Waals surface area (Å²) < 4.78 is 28.7. The summed E-state index contributed by atoms with van der Waals surface area (Å²) in [4.78, 5) is 11.2. The van der Waals surface area contributed by atoms with Crippen LogP contribution < -0.4 is 5.32 Å². The van der Waals surface area contributed by atoms with Gasteiger partial charge in [-0.15, -0.1) is 0 Å². The maximum absolute atomic E-state index is 11.5. The van der Waals surface area contributed by atoms with Crippen molar-refractivity contribution in [2.45, 2.75) is 30.9 Å². The first-order valence-electron chi connectivity index (χ1n) is 5.72. The molecule has 5 nitrogen and oxygen atoms in total. The molecule has 2 heterocycles. The third-order valence-electron chi connectivity index (χ3n) is 3.38. The van der Waals surface area contributed by atoms with Gasteiger partial charge in [0, 0.05) is 12.6 Å². The molecular weight excluding hydrogens is 242 g/mol. The zero-order chi connectivity index (χ0) is 12.5. The number of hydrogen-bond acceptors (Lipinski definition) is 4. The van der Waals surface area contributed by atoms with Gasteiger partial charge in [0.15, 0.2) is 9.84 Å². The summed E-state index contributed by atoms with van der Waals surface area (Å²) in [5, 5.41) is 2.82. The van der Waals surface area contributed by atoms with E-state index in [1.807, 2.05) is 0 Å². The molecule has 2 fully saturated rings. The molecule has 1 amide bonds. The smallest absolute Gasteiger partial charge is 0.243 e. The van der Waals surface area contributed by atoms with Crippen molar-refractivity contribution in [3.8, 4) is 0 Å². The fraction of sp³-hybridized carbons (Fsp3) is 0.727. The number of amides is 1. The Balaban J connectivity index is 2.02. The fourth-order valence-electron chi connectivity index (χ4n) is 2.57. The first-order valence-corrected chi connectivity index (χ1v) is 7.54. The van der Waals surface area contributed by atoms with Gasteiger partial charge in [-0.25, -0.2) is 8.42 Å². The Labute approximate surface area is 101 Å². The molecule has 0 aromatic carbocycles. The summed E-state index contributed by atoms with van der Waals surface area (Å²) in [6, 6.07) is -0.0115. The molecule has 0 bridgehead atoms. The summed E-state index contributed by atoms with van der Waals surface area (Å²) >= 11 is 0. The number of nitrogens with one attached hydrogen (secondary N) is 1. The van der Waals surface area contributed by atoms with E-state index in [1.54, 1.807) is 0 Å². The molecule has 2 saturated heterocycles. The van der Waals surface area contributed by atoms with Crippen LogP contribution in [-0.2, 0) is 19.4 Å². The van der Waals surface area contributed by atoms with E-state index in [0.717, 1.165) is 6.42 Å². The fourth-order valence-corrected chi connectivity index (χ4v) is 4.55. The minimum Gasteiger partial charge on any atom is -0.374 e. The predicted molar refractivity (Wildman–Crippen MR) is 63.3 cm³/mol. The van der Waals surface area contributed by atoms with E-state index in [1.165, 1.54) is 6.08 Å². The second-order valence-corrected chi connectivity index (χ2v) is 6.96. The Morgan fingerprint density at radius 1 is 1.53 bits per heavy atom. The van der Waals surface area contributed by atoms with Gasteiger partial charge in [-0.3, -0.25) is 4.79 Å². The van der Waals surface area contributed by atoms with Gasteiger partial charge in [-0.05, 0) is 25.3 Å². The Kier molecular flexibility index (Phi) is 3.27. The molecule has 0 aliphatic carbocycles. The highest BCUT2D eigenvalue weighted by atomic mass is 32.2. The lowest BCUT2D eigenvalue weighted by molar-refractivity contribution is -0.119. The Hall–Kier alpha value is -0.880. The SMILES string of the molecule is C=CC(=O)N[C@@H]1CCO[C@]2(CCS(=O)(=O)C2)C1. The topological polar surface area (TPSA) is 72.5 Å². The maximum atomic E-state index is 11.5. The van der Waals surface area contributed by atoms with E-state index in [4.69, 9.17) is 4.74 Å². The highest BCUT2D eigenvalue weighted by Crippen LogP contribution is 2.35. The number of carbonyl (C=O) groups is 1. The van der Waals surface area contributed by atoms with Gasteiger partial charge in [0.25, 0.3) is 0 Å². The van der Waals surface area contributed by atoms with Crippen LogP contribution in [0.4, 0.5) is 0 Å². The lowest BCUT2D eigenvalue weighted by Gasteiger charge is -2.37. The van der Waals surface area contributed by atoms with Gasteiger partial charge in [0.05, 0.1) is 17.1 Å². The Morgan fingerprint density at radius 2 is 2.29 bits per heavy atom. The molecule has 0 aromatic heterocycles. The average molecular weight is 259 g/mol. The highest BCUT2D eigenvalue weighted by molar-refractivity contribution is 7.91. The van der Waals surface area contributed by atoms with E-state index < -0.39 is 15.4 Å². The van der Waals surface area contributed by atoms with Gasteiger partial charge in [0.2, 0.25) is 5.91 Å². The standard InChI is InChI=1S/C11H17NO4S/c1-2-10(13)12-9-3-5-16-11(7-9)4-6-17(14,15)8-11/h2,9H,1,3-8H2,(H,12,13)/t9-,11-/m1/s1. The van der Waals surface area contributed by atoms with E-state index in [9.17, 15) is 13.2 Å². The molecule has 0 unspecified atom stereocenters. The maximum Gasteiger partial charge on any atom is 0.243 e. The van der Waals surface area contributed by atoms with Crippen LogP contribution in [0, 0.1) is 0 Å². The van der Waals surface area contributed by atoms with Gasteiger partial charge < -0.3 is 10.1 Å². The number of rotatable bonds is 2. The van der Waals surface area contributed by atoms with E-state index in [-0.39, 0.29) is 23.5 Å². The second-order valence-electron chi connectivity index (χ2n) is 4.78. The van der Waals surface area contributed by atoms with E-state index in [2.05, 4.69) is 11.9 Å². The van der Waals surface area contributed by atoms with Crippen LogP contribution in [0.2, 0.25) is 0 Å². The largest absolute Gasteiger partial charge is 0.374 e. The lowest BCUT2D eigenvalue weighted by Crippen LogP contribution is -2.49. The quantitative estimate of drug-likeness (QED) is 0.710. The highest BCUT2D eigenvalue weighted by Gasteiger charge is 2.46. The summed E-state index contributed by atoms with van der Waals surface area (Å²) in [6.45, 7) is 3.90. The van der Waals surface area contributed by atoms with Crippen molar-refractivity contribution in [1.82, 2.24) is 5.32 Å². The second kappa shape index (κ2) is 4.42. The Bertz CT molecular complexity index is 431. The monoisotopic (exact) mass is 259 g/mol. The van der Waals surface area contributed by atoms with Crippen LogP contribution in [0.25, 0.3) is 0 Å². The minimum atomic E-state index is -2.97. The Morgan fingerprint density at radius 3 is 2.88 bits per heavy atom. The van der Waals surface area contributed by atoms with Crippen molar-refractivity contribution >= 4 is 15.7 Å². The molecule has 1 spiro atoms. The molecule has 2 aliphatic rings. The first-order chi connectivity index (χ1) is 7.95. The van der Waals surface area contributed by atoms with Crippen molar-refractivity contribution in [2.24, 2.45) is 0 Å². The van der Waals surface area contributed by atoms with Crippen LogP contribution in [0.5, 0.6) is 0 Å². The zero-order valence-electron chi connectivity index (χ0n) is 9.65. The van der Waals surface area contributed by atoms with Crippen molar-refractivity contribution < 1.29 is 17.9 Å². The van der Waals surface area contributed by atoms with Crippen LogP contribution in [0.15, 0.2) is 12.7 Å². The summed E-state index contributed by atoms with van der Waals surface area (Å²) in [6.07, 6.45) is 3.07. The average Bonchev–Trinajstić information content (AvgIpc) is 2.54. The number of ether oxygens (including phenoxy) is 1. The first kappa shape index (κ1) is 12.6. The van der Waals surface area contributed by atoms with E-state index in [0.29, 0.717) is 19.4 Å². The summed E-state index contributed by atoms with van der Waals surface area (Å²) in [5.41, 5.74) is -0.573.